The molecule has 1 heterocycles. The van der Waals surface area contributed by atoms with Crippen LogP contribution in [-0.4, -0.2) is 44.7 Å². The SMILES string of the molecule is COC(=O)c1cc(NC(=O)c2csc(CCN)n2)c(OC)c(OC)c1. The molecule has 0 saturated carbocycles. The number of ether oxygens (including phenoxy) is 3. The van der Waals surface area contributed by atoms with E-state index in [1.165, 1.54) is 44.8 Å². The number of rotatable bonds is 7. The van der Waals surface area contributed by atoms with Crippen molar-refractivity contribution in [3.8, 4) is 11.5 Å². The van der Waals surface area contributed by atoms with Crippen molar-refractivity contribution >= 4 is 28.9 Å². The summed E-state index contributed by atoms with van der Waals surface area (Å²) >= 11 is 1.36. The number of thiazole rings is 1. The maximum atomic E-state index is 12.4. The first-order valence-corrected chi connectivity index (χ1v) is 8.22. The van der Waals surface area contributed by atoms with Gasteiger partial charge in [-0.05, 0) is 18.7 Å². The van der Waals surface area contributed by atoms with Crippen molar-refractivity contribution < 1.29 is 23.8 Å². The quantitative estimate of drug-likeness (QED) is 0.718. The van der Waals surface area contributed by atoms with Crippen molar-refractivity contribution in [2.24, 2.45) is 5.73 Å². The number of esters is 1. The third kappa shape index (κ3) is 4.25. The molecule has 25 heavy (non-hydrogen) atoms. The molecule has 0 atom stereocenters. The van der Waals surface area contributed by atoms with Crippen molar-refractivity contribution in [3.63, 3.8) is 0 Å². The van der Waals surface area contributed by atoms with Crippen molar-refractivity contribution in [3.05, 3.63) is 33.8 Å². The Balaban J connectivity index is 2.35. The summed E-state index contributed by atoms with van der Waals surface area (Å²) in [6, 6.07) is 2.93. The average Bonchev–Trinajstić information content (AvgIpc) is 3.09. The van der Waals surface area contributed by atoms with Gasteiger partial charge in [0, 0.05) is 11.8 Å². The van der Waals surface area contributed by atoms with Gasteiger partial charge in [0.15, 0.2) is 11.5 Å². The monoisotopic (exact) mass is 365 g/mol. The van der Waals surface area contributed by atoms with Gasteiger partial charge in [-0.2, -0.15) is 0 Å². The van der Waals surface area contributed by atoms with Gasteiger partial charge in [-0.1, -0.05) is 0 Å². The van der Waals surface area contributed by atoms with E-state index in [9.17, 15) is 9.59 Å². The van der Waals surface area contributed by atoms with Crippen molar-refractivity contribution in [1.29, 1.82) is 0 Å². The van der Waals surface area contributed by atoms with Gasteiger partial charge in [0.05, 0.1) is 37.6 Å². The number of benzene rings is 1. The first kappa shape index (κ1) is 18.7. The van der Waals surface area contributed by atoms with Crippen molar-refractivity contribution in [2.45, 2.75) is 6.42 Å². The summed E-state index contributed by atoms with van der Waals surface area (Å²) in [6.07, 6.45) is 0.604. The number of nitrogens with two attached hydrogens (primary N) is 1. The second-order valence-electron chi connectivity index (χ2n) is 4.87. The molecule has 0 aliphatic heterocycles. The van der Waals surface area contributed by atoms with E-state index >= 15 is 0 Å². The fourth-order valence-corrected chi connectivity index (χ4v) is 2.93. The highest BCUT2D eigenvalue weighted by Gasteiger charge is 2.20. The van der Waals surface area contributed by atoms with Crippen LogP contribution in [-0.2, 0) is 11.2 Å². The lowest BCUT2D eigenvalue weighted by atomic mass is 10.1. The van der Waals surface area contributed by atoms with Crippen LogP contribution in [0.15, 0.2) is 17.5 Å². The van der Waals surface area contributed by atoms with Crippen LogP contribution in [0.1, 0.15) is 25.9 Å². The van der Waals surface area contributed by atoms with E-state index in [-0.39, 0.29) is 16.9 Å². The highest BCUT2D eigenvalue weighted by Crippen LogP contribution is 2.37. The van der Waals surface area contributed by atoms with Crippen LogP contribution < -0.4 is 20.5 Å². The van der Waals surface area contributed by atoms with Crippen LogP contribution in [0.2, 0.25) is 0 Å². The topological polar surface area (TPSA) is 113 Å². The molecule has 9 heteroatoms. The molecular formula is C16H19N3O5S. The van der Waals surface area contributed by atoms with Gasteiger partial charge < -0.3 is 25.3 Å². The van der Waals surface area contributed by atoms with E-state index < -0.39 is 11.9 Å². The second-order valence-corrected chi connectivity index (χ2v) is 5.81. The first-order valence-electron chi connectivity index (χ1n) is 7.34. The molecule has 2 aromatic rings. The van der Waals surface area contributed by atoms with Gasteiger partial charge >= 0.3 is 5.97 Å². The largest absolute Gasteiger partial charge is 0.493 e. The van der Waals surface area contributed by atoms with E-state index in [4.69, 9.17) is 19.9 Å². The molecule has 0 aliphatic carbocycles. The molecule has 0 saturated heterocycles. The molecule has 134 valence electrons. The number of nitrogens with zero attached hydrogens (tertiary/aromatic N) is 1. The Hall–Kier alpha value is -2.65. The number of carbonyl (C=O) groups excluding carboxylic acids is 2. The van der Waals surface area contributed by atoms with Crippen LogP contribution in [0.5, 0.6) is 11.5 Å². The molecule has 1 amide bonds. The molecule has 1 aromatic heterocycles. The normalized spacial score (nSPS) is 10.2. The maximum absolute atomic E-state index is 12.4. The molecule has 0 unspecified atom stereocenters. The molecule has 0 spiro atoms. The van der Waals surface area contributed by atoms with Crippen LogP contribution in [0.3, 0.4) is 0 Å². The molecule has 0 radical (unpaired) electrons. The average molecular weight is 365 g/mol. The number of hydrogen-bond acceptors (Lipinski definition) is 8. The molecule has 0 bridgehead atoms. The molecular weight excluding hydrogens is 346 g/mol. The minimum absolute atomic E-state index is 0.220. The van der Waals surface area contributed by atoms with E-state index in [1.807, 2.05) is 0 Å². The van der Waals surface area contributed by atoms with Gasteiger partial charge in [0.2, 0.25) is 0 Å². The van der Waals surface area contributed by atoms with E-state index in [1.54, 1.807) is 5.38 Å². The number of anilines is 1. The van der Waals surface area contributed by atoms with Gasteiger partial charge in [-0.25, -0.2) is 9.78 Å². The van der Waals surface area contributed by atoms with E-state index in [2.05, 4.69) is 10.3 Å². The molecule has 2 rings (SSSR count). The third-order valence-corrected chi connectivity index (χ3v) is 4.20. The summed E-state index contributed by atoms with van der Waals surface area (Å²) in [5.74, 6) is -0.402. The van der Waals surface area contributed by atoms with Crippen LogP contribution in [0, 0.1) is 0 Å². The van der Waals surface area contributed by atoms with Crippen LogP contribution in [0.25, 0.3) is 0 Å². The number of carbonyl (C=O) groups is 2. The number of aromatic nitrogens is 1. The number of methoxy groups -OCH3 is 3. The van der Waals surface area contributed by atoms with E-state index in [0.29, 0.717) is 24.5 Å². The number of nitrogens with one attached hydrogen (secondary N) is 1. The number of amides is 1. The molecule has 3 N–H and O–H groups in total. The summed E-state index contributed by atoms with van der Waals surface area (Å²) < 4.78 is 15.2. The van der Waals surface area contributed by atoms with Crippen molar-refractivity contribution in [1.82, 2.24) is 4.98 Å². The Morgan fingerprint density at radius 3 is 2.60 bits per heavy atom. The zero-order valence-electron chi connectivity index (χ0n) is 14.1. The Morgan fingerprint density at radius 1 is 1.24 bits per heavy atom. The Morgan fingerprint density at radius 2 is 2.00 bits per heavy atom. The number of hydrogen-bond donors (Lipinski definition) is 2. The highest BCUT2D eigenvalue weighted by atomic mass is 32.1. The minimum atomic E-state index is -0.560. The predicted molar refractivity (Wildman–Crippen MR) is 93.7 cm³/mol. The van der Waals surface area contributed by atoms with Crippen LogP contribution >= 0.6 is 11.3 Å². The highest BCUT2D eigenvalue weighted by molar-refractivity contribution is 7.09. The fraction of sp³-hybridized carbons (Fsp3) is 0.312. The standard InChI is InChI=1S/C16H19N3O5S/c1-22-12-7-9(16(21)24-3)6-10(14(12)23-2)19-15(20)11-8-25-13(18-11)4-5-17/h6-8H,4-5,17H2,1-3H3,(H,19,20). The van der Waals surface area contributed by atoms with Gasteiger partial charge in [0.1, 0.15) is 5.69 Å². The molecule has 1 aromatic carbocycles. The molecule has 0 aliphatic rings. The predicted octanol–water partition coefficient (Wildman–Crippen LogP) is 1.70. The molecule has 8 nitrogen and oxygen atoms in total. The summed E-state index contributed by atoms with van der Waals surface area (Å²) in [7, 11) is 4.14. The van der Waals surface area contributed by atoms with Crippen LogP contribution in [0.4, 0.5) is 5.69 Å². The minimum Gasteiger partial charge on any atom is -0.493 e. The Bertz CT molecular complexity index is 775. The Kier molecular flexibility index (Phi) is 6.31. The lowest BCUT2D eigenvalue weighted by molar-refractivity contribution is 0.0600. The van der Waals surface area contributed by atoms with E-state index in [0.717, 1.165) is 5.01 Å². The fourth-order valence-electron chi connectivity index (χ4n) is 2.13. The van der Waals surface area contributed by atoms with Crippen molar-refractivity contribution in [2.75, 3.05) is 33.2 Å². The Labute approximate surface area is 148 Å². The maximum Gasteiger partial charge on any atom is 0.338 e. The smallest absolute Gasteiger partial charge is 0.338 e. The second kappa shape index (κ2) is 8.45. The van der Waals surface area contributed by atoms with Gasteiger partial charge in [-0.3, -0.25) is 4.79 Å². The molecule has 0 fully saturated rings. The zero-order valence-corrected chi connectivity index (χ0v) is 14.9. The zero-order chi connectivity index (χ0) is 18.4. The summed E-state index contributed by atoms with van der Waals surface area (Å²) in [5.41, 5.74) is 6.25. The lowest BCUT2D eigenvalue weighted by Gasteiger charge is -2.14. The third-order valence-electron chi connectivity index (χ3n) is 3.29. The summed E-state index contributed by atoms with van der Waals surface area (Å²) in [5, 5.41) is 5.11. The first-order chi connectivity index (χ1) is 12.0. The van der Waals surface area contributed by atoms with Gasteiger partial charge in [0.25, 0.3) is 5.91 Å². The summed E-state index contributed by atoms with van der Waals surface area (Å²) in [6.45, 7) is 0.459. The lowest BCUT2D eigenvalue weighted by Crippen LogP contribution is -2.15. The van der Waals surface area contributed by atoms with Gasteiger partial charge in [-0.15, -0.1) is 11.3 Å². The summed E-state index contributed by atoms with van der Waals surface area (Å²) in [4.78, 5) is 28.5.